The molecule has 0 saturated carbocycles. The molecule has 2 aromatic carbocycles. The Hall–Kier alpha value is -1.94. The van der Waals surface area contributed by atoms with Gasteiger partial charge in [0.15, 0.2) is 0 Å². The van der Waals surface area contributed by atoms with E-state index < -0.39 is 0 Å². The Balaban J connectivity index is 1.86. The SMILES string of the molecule is COc1ccc(SC(c2ccccc2)N2CCCC2=O)cc1. The van der Waals surface area contributed by atoms with Crippen LogP contribution >= 0.6 is 11.8 Å². The van der Waals surface area contributed by atoms with E-state index in [9.17, 15) is 4.79 Å². The van der Waals surface area contributed by atoms with Crippen LogP contribution in [0.2, 0.25) is 0 Å². The van der Waals surface area contributed by atoms with E-state index in [-0.39, 0.29) is 11.3 Å². The Morgan fingerprint density at radius 3 is 2.41 bits per heavy atom. The van der Waals surface area contributed by atoms with Crippen molar-refractivity contribution >= 4 is 17.7 Å². The van der Waals surface area contributed by atoms with Gasteiger partial charge in [0.25, 0.3) is 0 Å². The summed E-state index contributed by atoms with van der Waals surface area (Å²) in [6.45, 7) is 0.835. The van der Waals surface area contributed by atoms with Crippen molar-refractivity contribution in [3.05, 3.63) is 60.2 Å². The number of carbonyl (C=O) groups is 1. The highest BCUT2D eigenvalue weighted by Gasteiger charge is 2.29. The van der Waals surface area contributed by atoms with Crippen LogP contribution in [0.4, 0.5) is 0 Å². The van der Waals surface area contributed by atoms with E-state index in [0.29, 0.717) is 6.42 Å². The second-order valence-corrected chi connectivity index (χ2v) is 6.40. The third-order valence-electron chi connectivity index (χ3n) is 3.78. The number of hydrogen-bond acceptors (Lipinski definition) is 3. The summed E-state index contributed by atoms with van der Waals surface area (Å²) < 4.78 is 5.20. The molecular weight excluding hydrogens is 294 g/mol. The van der Waals surface area contributed by atoms with E-state index in [0.717, 1.165) is 23.6 Å². The fraction of sp³-hybridized carbons (Fsp3) is 0.278. The molecule has 0 aromatic heterocycles. The van der Waals surface area contributed by atoms with Crippen LogP contribution in [-0.4, -0.2) is 24.5 Å². The maximum Gasteiger partial charge on any atom is 0.223 e. The van der Waals surface area contributed by atoms with Crippen LogP contribution in [0.25, 0.3) is 0 Å². The number of rotatable bonds is 5. The standard InChI is InChI=1S/C18H19NO2S/c1-21-15-9-11-16(12-10-15)22-18(14-6-3-2-4-7-14)19-13-5-8-17(19)20/h2-4,6-7,9-12,18H,5,8,13H2,1H3. The average molecular weight is 313 g/mol. The van der Waals surface area contributed by atoms with Crippen LogP contribution in [0.5, 0.6) is 5.75 Å². The van der Waals surface area contributed by atoms with Crippen molar-refractivity contribution in [3.63, 3.8) is 0 Å². The van der Waals surface area contributed by atoms with E-state index in [1.54, 1.807) is 18.9 Å². The molecule has 1 unspecified atom stereocenters. The first kappa shape index (κ1) is 15.0. The first-order valence-corrected chi connectivity index (χ1v) is 8.31. The van der Waals surface area contributed by atoms with Gasteiger partial charge in [-0.2, -0.15) is 0 Å². The number of methoxy groups -OCH3 is 1. The maximum atomic E-state index is 12.2. The van der Waals surface area contributed by atoms with E-state index in [1.165, 1.54) is 5.56 Å². The monoisotopic (exact) mass is 313 g/mol. The summed E-state index contributed by atoms with van der Waals surface area (Å²) in [5.41, 5.74) is 1.17. The molecule has 0 spiro atoms. The largest absolute Gasteiger partial charge is 0.497 e. The Morgan fingerprint density at radius 1 is 1.09 bits per heavy atom. The molecule has 1 aliphatic heterocycles. The molecule has 1 saturated heterocycles. The van der Waals surface area contributed by atoms with Crippen LogP contribution in [-0.2, 0) is 4.79 Å². The number of benzene rings is 2. The lowest BCUT2D eigenvalue weighted by molar-refractivity contribution is -0.128. The van der Waals surface area contributed by atoms with Gasteiger partial charge in [-0.15, -0.1) is 0 Å². The molecule has 1 amide bonds. The summed E-state index contributed by atoms with van der Waals surface area (Å²) in [6.07, 6.45) is 1.61. The number of thioether (sulfide) groups is 1. The van der Waals surface area contributed by atoms with Gasteiger partial charge in [0.2, 0.25) is 5.91 Å². The highest BCUT2D eigenvalue weighted by molar-refractivity contribution is 7.99. The lowest BCUT2D eigenvalue weighted by Crippen LogP contribution is -2.27. The van der Waals surface area contributed by atoms with Crippen molar-refractivity contribution in [2.45, 2.75) is 23.1 Å². The molecule has 4 heteroatoms. The molecule has 0 bridgehead atoms. The van der Waals surface area contributed by atoms with Crippen LogP contribution in [0, 0.1) is 0 Å². The predicted molar refractivity (Wildman–Crippen MR) is 89.0 cm³/mol. The Labute approximate surface area is 135 Å². The molecule has 0 N–H and O–H groups in total. The van der Waals surface area contributed by atoms with Crippen molar-refractivity contribution in [2.24, 2.45) is 0 Å². The van der Waals surface area contributed by atoms with Crippen LogP contribution in [0.1, 0.15) is 23.8 Å². The molecule has 1 fully saturated rings. The quantitative estimate of drug-likeness (QED) is 0.778. The van der Waals surface area contributed by atoms with Gasteiger partial charge in [0, 0.05) is 17.9 Å². The number of nitrogens with zero attached hydrogens (tertiary/aromatic N) is 1. The molecule has 2 aromatic rings. The zero-order chi connectivity index (χ0) is 15.4. The Morgan fingerprint density at radius 2 is 1.82 bits per heavy atom. The highest BCUT2D eigenvalue weighted by Crippen LogP contribution is 2.40. The number of likely N-dealkylation sites (tertiary alicyclic amines) is 1. The average Bonchev–Trinajstić information content (AvgIpc) is 3.00. The van der Waals surface area contributed by atoms with Crippen LogP contribution < -0.4 is 4.74 Å². The van der Waals surface area contributed by atoms with Crippen molar-refractivity contribution < 1.29 is 9.53 Å². The molecule has 3 nitrogen and oxygen atoms in total. The number of carbonyl (C=O) groups excluding carboxylic acids is 1. The molecular formula is C18H19NO2S. The van der Waals surface area contributed by atoms with Gasteiger partial charge in [0.1, 0.15) is 11.1 Å². The fourth-order valence-corrected chi connectivity index (χ4v) is 3.82. The molecule has 114 valence electrons. The normalized spacial score (nSPS) is 15.9. The van der Waals surface area contributed by atoms with Crippen molar-refractivity contribution in [3.8, 4) is 5.75 Å². The first-order chi connectivity index (χ1) is 10.8. The third-order valence-corrected chi connectivity index (χ3v) is 5.08. The third kappa shape index (κ3) is 3.28. The zero-order valence-electron chi connectivity index (χ0n) is 12.6. The lowest BCUT2D eigenvalue weighted by atomic mass is 10.2. The van der Waals surface area contributed by atoms with E-state index in [1.807, 2.05) is 47.4 Å². The van der Waals surface area contributed by atoms with Gasteiger partial charge in [0.05, 0.1) is 7.11 Å². The first-order valence-electron chi connectivity index (χ1n) is 7.43. The summed E-state index contributed by atoms with van der Waals surface area (Å²) in [5.74, 6) is 1.09. The van der Waals surface area contributed by atoms with Crippen LogP contribution in [0.3, 0.4) is 0 Å². The minimum absolute atomic E-state index is 0.0320. The van der Waals surface area contributed by atoms with E-state index >= 15 is 0 Å². The van der Waals surface area contributed by atoms with Gasteiger partial charge < -0.3 is 9.64 Å². The van der Waals surface area contributed by atoms with Gasteiger partial charge in [-0.3, -0.25) is 4.79 Å². The molecule has 1 atom stereocenters. The molecule has 1 heterocycles. The lowest BCUT2D eigenvalue weighted by Gasteiger charge is -2.27. The summed E-state index contributed by atoms with van der Waals surface area (Å²) in [5, 5.41) is 0.0320. The minimum Gasteiger partial charge on any atom is -0.497 e. The fourth-order valence-electron chi connectivity index (χ4n) is 2.63. The van der Waals surface area contributed by atoms with Crippen molar-refractivity contribution in [1.29, 1.82) is 0 Å². The summed E-state index contributed by atoms with van der Waals surface area (Å²) in [7, 11) is 1.66. The van der Waals surface area contributed by atoms with Crippen LogP contribution in [0.15, 0.2) is 59.5 Å². The molecule has 0 radical (unpaired) electrons. The smallest absolute Gasteiger partial charge is 0.223 e. The maximum absolute atomic E-state index is 12.2. The second-order valence-electron chi connectivity index (χ2n) is 5.25. The zero-order valence-corrected chi connectivity index (χ0v) is 13.4. The van der Waals surface area contributed by atoms with Gasteiger partial charge in [-0.25, -0.2) is 0 Å². The summed E-state index contributed by atoms with van der Waals surface area (Å²) >= 11 is 1.71. The van der Waals surface area contributed by atoms with Gasteiger partial charge in [-0.05, 0) is 36.2 Å². The Kier molecular flexibility index (Phi) is 4.68. The molecule has 3 rings (SSSR count). The number of hydrogen-bond donors (Lipinski definition) is 0. The van der Waals surface area contributed by atoms with Crippen molar-refractivity contribution in [1.82, 2.24) is 4.90 Å². The molecule has 0 aliphatic carbocycles. The molecule has 1 aliphatic rings. The van der Waals surface area contributed by atoms with Gasteiger partial charge in [-0.1, -0.05) is 42.1 Å². The van der Waals surface area contributed by atoms with Gasteiger partial charge >= 0.3 is 0 Å². The van der Waals surface area contributed by atoms with E-state index in [4.69, 9.17) is 4.74 Å². The topological polar surface area (TPSA) is 29.5 Å². The summed E-state index contributed by atoms with van der Waals surface area (Å²) in [4.78, 5) is 15.3. The highest BCUT2D eigenvalue weighted by atomic mass is 32.2. The Bertz CT molecular complexity index is 627. The number of ether oxygens (including phenoxy) is 1. The van der Waals surface area contributed by atoms with E-state index in [2.05, 4.69) is 12.1 Å². The van der Waals surface area contributed by atoms with Crippen molar-refractivity contribution in [2.75, 3.05) is 13.7 Å². The number of amides is 1. The second kappa shape index (κ2) is 6.88. The predicted octanol–water partition coefficient (Wildman–Crippen LogP) is 4.11. The minimum atomic E-state index is 0.0320. The molecule has 22 heavy (non-hydrogen) atoms. The summed E-state index contributed by atoms with van der Waals surface area (Å²) in [6, 6.07) is 18.2.